The highest BCUT2D eigenvalue weighted by Crippen LogP contribution is 2.36. The van der Waals surface area contributed by atoms with E-state index in [4.69, 9.17) is 0 Å². The molecule has 0 radical (unpaired) electrons. The van der Waals surface area contributed by atoms with Crippen LogP contribution in [-0.2, 0) is 16.0 Å². The summed E-state index contributed by atoms with van der Waals surface area (Å²) in [6.45, 7) is 0. The van der Waals surface area contributed by atoms with Gasteiger partial charge in [0.15, 0.2) is 0 Å². The van der Waals surface area contributed by atoms with Crippen molar-refractivity contribution < 1.29 is 19.5 Å². The number of carboxylic acids is 1. The highest BCUT2D eigenvalue weighted by Gasteiger charge is 2.35. The SMILES string of the molecule is O=C(Nc1ccccc1C(=O)NC(Cc1ccccc1)C(=O)O)C1=NC2CCCC2C1. The number of para-hydroxylation sites is 1. The Morgan fingerprint density at radius 2 is 1.74 bits per heavy atom. The quantitative estimate of drug-likeness (QED) is 0.641. The van der Waals surface area contributed by atoms with E-state index in [0.29, 0.717) is 23.7 Å². The van der Waals surface area contributed by atoms with Crippen LogP contribution in [0.4, 0.5) is 5.69 Å². The summed E-state index contributed by atoms with van der Waals surface area (Å²) in [7, 11) is 0. The molecular formula is C24H25N3O4. The second-order valence-corrected chi connectivity index (χ2v) is 8.09. The van der Waals surface area contributed by atoms with Crippen molar-refractivity contribution in [2.45, 2.75) is 44.2 Å². The Morgan fingerprint density at radius 3 is 2.48 bits per heavy atom. The number of carbonyl (C=O) groups excluding carboxylic acids is 2. The number of aliphatic imine (C=N–C) groups is 1. The Kier molecular flexibility index (Phi) is 6.11. The van der Waals surface area contributed by atoms with Gasteiger partial charge in [-0.1, -0.05) is 48.9 Å². The highest BCUT2D eigenvalue weighted by molar-refractivity contribution is 6.43. The molecule has 3 atom stereocenters. The number of anilines is 1. The summed E-state index contributed by atoms with van der Waals surface area (Å²) < 4.78 is 0. The van der Waals surface area contributed by atoms with E-state index in [0.717, 1.165) is 24.8 Å². The number of benzene rings is 2. The molecule has 3 unspecified atom stereocenters. The second kappa shape index (κ2) is 9.12. The van der Waals surface area contributed by atoms with Gasteiger partial charge in [0.25, 0.3) is 11.8 Å². The smallest absolute Gasteiger partial charge is 0.326 e. The molecule has 0 aromatic heterocycles. The van der Waals surface area contributed by atoms with E-state index in [1.54, 1.807) is 24.3 Å². The number of nitrogens with zero attached hydrogens (tertiary/aromatic N) is 1. The average molecular weight is 419 g/mol. The predicted molar refractivity (Wildman–Crippen MR) is 117 cm³/mol. The van der Waals surface area contributed by atoms with Gasteiger partial charge in [-0.05, 0) is 42.9 Å². The molecule has 0 saturated heterocycles. The van der Waals surface area contributed by atoms with Crippen LogP contribution in [0.3, 0.4) is 0 Å². The van der Waals surface area contributed by atoms with Gasteiger partial charge in [-0.3, -0.25) is 14.6 Å². The fraction of sp³-hybridized carbons (Fsp3) is 0.333. The maximum absolute atomic E-state index is 12.9. The van der Waals surface area contributed by atoms with E-state index in [1.807, 2.05) is 30.3 Å². The summed E-state index contributed by atoms with van der Waals surface area (Å²) in [5, 5.41) is 14.9. The molecule has 7 nitrogen and oxygen atoms in total. The minimum atomic E-state index is -1.12. The highest BCUT2D eigenvalue weighted by atomic mass is 16.4. The molecule has 0 bridgehead atoms. The lowest BCUT2D eigenvalue weighted by atomic mass is 10.0. The Labute approximate surface area is 180 Å². The van der Waals surface area contributed by atoms with Crippen molar-refractivity contribution in [3.05, 3.63) is 65.7 Å². The fourth-order valence-corrected chi connectivity index (χ4v) is 4.35. The van der Waals surface area contributed by atoms with Crippen LogP contribution in [0.15, 0.2) is 59.6 Å². The average Bonchev–Trinajstić information content (AvgIpc) is 3.37. The van der Waals surface area contributed by atoms with Gasteiger partial charge in [-0.2, -0.15) is 0 Å². The second-order valence-electron chi connectivity index (χ2n) is 8.09. The summed E-state index contributed by atoms with van der Waals surface area (Å²) in [6.07, 6.45) is 4.11. The molecule has 160 valence electrons. The van der Waals surface area contributed by atoms with Crippen LogP contribution < -0.4 is 10.6 Å². The Hall–Kier alpha value is -3.48. The summed E-state index contributed by atoms with van der Waals surface area (Å²) in [6, 6.07) is 14.9. The van der Waals surface area contributed by atoms with Crippen molar-refractivity contribution in [2.24, 2.45) is 10.9 Å². The summed E-state index contributed by atoms with van der Waals surface area (Å²) in [5.74, 6) is -1.52. The van der Waals surface area contributed by atoms with E-state index in [2.05, 4.69) is 15.6 Å². The van der Waals surface area contributed by atoms with E-state index in [-0.39, 0.29) is 23.9 Å². The number of carbonyl (C=O) groups is 3. The summed E-state index contributed by atoms with van der Waals surface area (Å²) in [5.41, 5.74) is 1.89. The maximum atomic E-state index is 12.9. The van der Waals surface area contributed by atoms with Crippen molar-refractivity contribution >= 4 is 29.2 Å². The monoisotopic (exact) mass is 419 g/mol. The van der Waals surface area contributed by atoms with Crippen molar-refractivity contribution in [1.82, 2.24) is 5.32 Å². The molecule has 2 aromatic carbocycles. The zero-order valence-corrected chi connectivity index (χ0v) is 17.1. The molecule has 2 amide bonds. The first-order valence-electron chi connectivity index (χ1n) is 10.6. The Balaban J connectivity index is 1.46. The van der Waals surface area contributed by atoms with Gasteiger partial charge >= 0.3 is 5.97 Å². The maximum Gasteiger partial charge on any atom is 0.326 e. The predicted octanol–water partition coefficient (Wildman–Crippen LogP) is 3.06. The normalized spacial score (nSPS) is 20.5. The van der Waals surface area contributed by atoms with Crippen LogP contribution in [0.1, 0.15) is 41.6 Å². The van der Waals surface area contributed by atoms with Crippen molar-refractivity contribution in [1.29, 1.82) is 0 Å². The van der Waals surface area contributed by atoms with Crippen LogP contribution in [0.25, 0.3) is 0 Å². The number of nitrogens with one attached hydrogen (secondary N) is 2. The number of rotatable bonds is 7. The number of hydrogen-bond donors (Lipinski definition) is 3. The van der Waals surface area contributed by atoms with Gasteiger partial charge in [-0.15, -0.1) is 0 Å². The topological polar surface area (TPSA) is 108 Å². The minimum Gasteiger partial charge on any atom is -0.480 e. The molecule has 1 fully saturated rings. The third-order valence-electron chi connectivity index (χ3n) is 5.96. The van der Waals surface area contributed by atoms with Crippen LogP contribution in [0, 0.1) is 5.92 Å². The molecule has 1 heterocycles. The van der Waals surface area contributed by atoms with Gasteiger partial charge in [0.2, 0.25) is 0 Å². The number of fused-ring (bicyclic) bond motifs is 1. The lowest BCUT2D eigenvalue weighted by molar-refractivity contribution is -0.139. The lowest BCUT2D eigenvalue weighted by Gasteiger charge is -2.16. The number of aliphatic carboxylic acids is 1. The summed E-state index contributed by atoms with van der Waals surface area (Å²) in [4.78, 5) is 41.9. The third-order valence-corrected chi connectivity index (χ3v) is 5.96. The zero-order chi connectivity index (χ0) is 21.8. The molecule has 2 aromatic rings. The van der Waals surface area contributed by atoms with E-state index in [9.17, 15) is 19.5 Å². The van der Waals surface area contributed by atoms with Crippen LogP contribution in [-0.4, -0.2) is 40.7 Å². The molecule has 2 aliphatic rings. The molecule has 31 heavy (non-hydrogen) atoms. The van der Waals surface area contributed by atoms with Crippen LogP contribution in [0.5, 0.6) is 0 Å². The fourth-order valence-electron chi connectivity index (χ4n) is 4.35. The lowest BCUT2D eigenvalue weighted by Crippen LogP contribution is -2.42. The zero-order valence-electron chi connectivity index (χ0n) is 17.1. The molecule has 1 aliphatic carbocycles. The van der Waals surface area contributed by atoms with E-state index < -0.39 is 17.9 Å². The largest absolute Gasteiger partial charge is 0.480 e. The first-order valence-corrected chi connectivity index (χ1v) is 10.6. The van der Waals surface area contributed by atoms with Gasteiger partial charge in [0.05, 0.1) is 17.3 Å². The van der Waals surface area contributed by atoms with Crippen molar-refractivity contribution in [2.75, 3.05) is 5.32 Å². The Morgan fingerprint density at radius 1 is 1.00 bits per heavy atom. The van der Waals surface area contributed by atoms with E-state index in [1.165, 1.54) is 0 Å². The van der Waals surface area contributed by atoms with E-state index >= 15 is 0 Å². The minimum absolute atomic E-state index is 0.163. The molecule has 3 N–H and O–H groups in total. The number of amides is 2. The standard InChI is InChI=1S/C24H25N3O4/c28-22(27-21(24(30)31)13-15-7-2-1-3-8-15)17-10-4-5-11-19(17)26-23(29)20-14-16-9-6-12-18(16)25-20/h1-5,7-8,10-11,16,18,21H,6,9,12-14H2,(H,26,29)(H,27,28)(H,30,31). The third kappa shape index (κ3) is 4.82. The molecular weight excluding hydrogens is 394 g/mol. The molecule has 4 rings (SSSR count). The van der Waals surface area contributed by atoms with Crippen LogP contribution >= 0.6 is 0 Å². The van der Waals surface area contributed by atoms with Crippen molar-refractivity contribution in [3.63, 3.8) is 0 Å². The Bertz CT molecular complexity index is 1020. The van der Waals surface area contributed by atoms with Gasteiger partial charge in [0, 0.05) is 6.42 Å². The van der Waals surface area contributed by atoms with Gasteiger partial charge in [-0.25, -0.2) is 4.79 Å². The van der Waals surface area contributed by atoms with Gasteiger partial charge < -0.3 is 15.7 Å². The molecule has 1 saturated carbocycles. The van der Waals surface area contributed by atoms with Crippen molar-refractivity contribution in [3.8, 4) is 0 Å². The first-order chi connectivity index (χ1) is 15.0. The van der Waals surface area contributed by atoms with Gasteiger partial charge in [0.1, 0.15) is 11.8 Å². The summed E-state index contributed by atoms with van der Waals surface area (Å²) >= 11 is 0. The number of hydrogen-bond acceptors (Lipinski definition) is 4. The number of carboxylic acid groups (broad SMARTS) is 1. The molecule has 1 aliphatic heterocycles. The molecule has 7 heteroatoms. The molecule has 0 spiro atoms. The van der Waals surface area contributed by atoms with Crippen LogP contribution in [0.2, 0.25) is 0 Å². The first kappa shape index (κ1) is 20.8.